The normalized spacial score (nSPS) is 28.7. The molecule has 0 bridgehead atoms. The molecule has 4 aliphatic rings. The molecule has 5 rings (SSSR count). The Balaban J connectivity index is 1.50. The molecule has 0 unspecified atom stereocenters. The smallest absolute Gasteiger partial charge is 0.249 e. The Kier molecular flexibility index (Phi) is 7.18. The maximum atomic E-state index is 14.8. The Morgan fingerprint density at radius 2 is 1.81 bits per heavy atom. The van der Waals surface area contributed by atoms with Crippen LogP contribution in [0.25, 0.3) is 0 Å². The summed E-state index contributed by atoms with van der Waals surface area (Å²) in [7, 11) is 0. The number of hydrogen-bond donors (Lipinski definition) is 1. The Bertz CT molecular complexity index is 1020. The maximum absolute atomic E-state index is 14.8. The summed E-state index contributed by atoms with van der Waals surface area (Å²) < 4.78 is 20.1. The van der Waals surface area contributed by atoms with E-state index < -0.39 is 30.1 Å². The predicted molar refractivity (Wildman–Crippen MR) is 133 cm³/mol. The zero-order valence-electron chi connectivity index (χ0n) is 21.3. The summed E-state index contributed by atoms with van der Waals surface area (Å²) in [6, 6.07) is 5.40. The molecule has 2 amide bonds. The summed E-state index contributed by atoms with van der Waals surface area (Å²) in [4.78, 5) is 43.1. The topological polar surface area (TPSA) is 92.9 Å². The van der Waals surface area contributed by atoms with E-state index in [4.69, 9.17) is 10.5 Å². The number of nitrogens with two attached hydrogens (primary N) is 1. The Hall–Kier alpha value is -2.32. The highest BCUT2D eigenvalue weighted by atomic mass is 19.1. The van der Waals surface area contributed by atoms with E-state index in [-0.39, 0.29) is 30.8 Å². The third kappa shape index (κ3) is 4.58. The fraction of sp³-hybridized carbons (Fsp3) is 0.679. The first-order valence-corrected chi connectivity index (χ1v) is 13.5. The number of Topliss-reactive ketones (excluding diaryl/α,β-unsaturated/α-hetero) is 1. The van der Waals surface area contributed by atoms with Crippen molar-refractivity contribution in [1.82, 2.24) is 9.80 Å². The second kappa shape index (κ2) is 10.2. The minimum absolute atomic E-state index is 0.0307. The van der Waals surface area contributed by atoms with Crippen molar-refractivity contribution in [1.29, 1.82) is 0 Å². The van der Waals surface area contributed by atoms with Crippen LogP contribution in [0.3, 0.4) is 0 Å². The van der Waals surface area contributed by atoms with Crippen LogP contribution < -0.4 is 5.73 Å². The quantitative estimate of drug-likeness (QED) is 0.649. The molecule has 0 spiro atoms. The third-order valence-corrected chi connectivity index (χ3v) is 8.95. The van der Waals surface area contributed by atoms with Crippen LogP contribution in [0.15, 0.2) is 18.2 Å². The Labute approximate surface area is 212 Å². The van der Waals surface area contributed by atoms with E-state index in [1.807, 2.05) is 12.1 Å². The van der Waals surface area contributed by atoms with E-state index in [1.54, 1.807) is 6.07 Å². The number of ether oxygens (including phenoxy) is 1. The number of benzene rings is 1. The van der Waals surface area contributed by atoms with Gasteiger partial charge in [0.2, 0.25) is 11.8 Å². The number of alkyl halides is 1. The van der Waals surface area contributed by atoms with Crippen molar-refractivity contribution in [2.45, 2.75) is 88.6 Å². The number of rotatable bonds is 6. The molecule has 4 fully saturated rings. The standard InChI is InChI=1S/C28H38FN3O4/c1-16(2)31-11-9-17(10-12-31)19-7-8-20(27(30)34)21(13-19)24(18-5-3-4-6-18)28(35)32-14-22(29)26-25(32)23(33)15-36-26/h7-8,13,16-18,22,24-26H,3-6,9-12,14-15H2,1-2H3,(H2,30,34)/t22-,24-,25+,26+/m0/s1. The zero-order valence-corrected chi connectivity index (χ0v) is 21.3. The predicted octanol–water partition coefficient (Wildman–Crippen LogP) is 3.16. The lowest BCUT2D eigenvalue weighted by Gasteiger charge is -2.35. The summed E-state index contributed by atoms with van der Waals surface area (Å²) in [6.45, 7) is 6.13. The van der Waals surface area contributed by atoms with Gasteiger partial charge in [0.1, 0.15) is 24.9 Å². The number of hydrogen-bond acceptors (Lipinski definition) is 5. The number of carbonyl (C=O) groups is 3. The number of ketones is 1. The van der Waals surface area contributed by atoms with Crippen LogP contribution in [0.4, 0.5) is 4.39 Å². The van der Waals surface area contributed by atoms with Gasteiger partial charge >= 0.3 is 0 Å². The largest absolute Gasteiger partial charge is 0.366 e. The fourth-order valence-electron chi connectivity index (χ4n) is 6.95. The molecule has 8 heteroatoms. The van der Waals surface area contributed by atoms with Crippen LogP contribution in [-0.4, -0.2) is 78.0 Å². The number of halogens is 1. The van der Waals surface area contributed by atoms with Crippen molar-refractivity contribution in [3.8, 4) is 0 Å². The maximum Gasteiger partial charge on any atom is 0.249 e. The summed E-state index contributed by atoms with van der Waals surface area (Å²) in [5, 5.41) is 0. The lowest BCUT2D eigenvalue weighted by molar-refractivity contribution is -0.138. The molecule has 196 valence electrons. The summed E-state index contributed by atoms with van der Waals surface area (Å²) in [5.41, 5.74) is 7.93. The molecule has 36 heavy (non-hydrogen) atoms. The Morgan fingerprint density at radius 1 is 1.11 bits per heavy atom. The Morgan fingerprint density at radius 3 is 2.44 bits per heavy atom. The first-order valence-electron chi connectivity index (χ1n) is 13.5. The van der Waals surface area contributed by atoms with Gasteiger partial charge in [-0.25, -0.2) is 4.39 Å². The highest BCUT2D eigenvalue weighted by molar-refractivity contribution is 5.99. The number of fused-ring (bicyclic) bond motifs is 1. The first-order chi connectivity index (χ1) is 17.3. The molecule has 4 atom stereocenters. The van der Waals surface area contributed by atoms with Gasteiger partial charge in [0.05, 0.1) is 12.5 Å². The van der Waals surface area contributed by atoms with Gasteiger partial charge in [0.15, 0.2) is 5.78 Å². The molecular formula is C28H38FN3O4. The van der Waals surface area contributed by atoms with Crippen molar-refractivity contribution >= 4 is 17.6 Å². The number of likely N-dealkylation sites (tertiary alicyclic amines) is 2. The minimum atomic E-state index is -1.39. The van der Waals surface area contributed by atoms with Crippen LogP contribution in [0.5, 0.6) is 0 Å². The minimum Gasteiger partial charge on any atom is -0.366 e. The van der Waals surface area contributed by atoms with E-state index in [9.17, 15) is 18.8 Å². The molecule has 1 aromatic rings. The van der Waals surface area contributed by atoms with Gasteiger partial charge in [0.25, 0.3) is 0 Å². The van der Waals surface area contributed by atoms with E-state index >= 15 is 0 Å². The monoisotopic (exact) mass is 499 g/mol. The molecule has 1 aliphatic carbocycles. The molecular weight excluding hydrogens is 461 g/mol. The zero-order chi connectivity index (χ0) is 25.6. The number of primary amides is 1. The summed E-state index contributed by atoms with van der Waals surface area (Å²) in [5.74, 6) is -1.33. The van der Waals surface area contributed by atoms with Gasteiger partial charge in [-0.05, 0) is 81.6 Å². The molecule has 0 radical (unpaired) electrons. The van der Waals surface area contributed by atoms with E-state index in [0.29, 0.717) is 23.1 Å². The number of amides is 2. The van der Waals surface area contributed by atoms with Crippen molar-refractivity contribution in [2.75, 3.05) is 26.2 Å². The van der Waals surface area contributed by atoms with Gasteiger partial charge in [-0.2, -0.15) is 0 Å². The molecule has 2 N–H and O–H groups in total. The van der Waals surface area contributed by atoms with Crippen LogP contribution in [0.2, 0.25) is 0 Å². The van der Waals surface area contributed by atoms with Gasteiger partial charge < -0.3 is 20.3 Å². The summed E-state index contributed by atoms with van der Waals surface area (Å²) in [6.07, 6.45) is 3.48. The van der Waals surface area contributed by atoms with E-state index in [0.717, 1.165) is 57.2 Å². The van der Waals surface area contributed by atoms with Gasteiger partial charge in [-0.15, -0.1) is 0 Å². The van der Waals surface area contributed by atoms with Gasteiger partial charge in [-0.3, -0.25) is 14.4 Å². The lowest BCUT2D eigenvalue weighted by Crippen LogP contribution is -2.45. The molecule has 0 aromatic heterocycles. The third-order valence-electron chi connectivity index (χ3n) is 8.95. The van der Waals surface area contributed by atoms with Crippen molar-refractivity contribution in [2.24, 2.45) is 11.7 Å². The van der Waals surface area contributed by atoms with Crippen LogP contribution in [0.1, 0.15) is 85.7 Å². The number of carbonyl (C=O) groups excluding carboxylic acids is 3. The fourth-order valence-corrected chi connectivity index (χ4v) is 6.95. The first kappa shape index (κ1) is 25.3. The average Bonchev–Trinajstić information content (AvgIpc) is 3.59. The molecule has 1 aromatic carbocycles. The molecule has 3 saturated heterocycles. The molecule has 7 nitrogen and oxygen atoms in total. The van der Waals surface area contributed by atoms with Gasteiger partial charge in [0, 0.05) is 11.6 Å². The van der Waals surface area contributed by atoms with Crippen LogP contribution >= 0.6 is 0 Å². The van der Waals surface area contributed by atoms with Crippen molar-refractivity contribution in [3.63, 3.8) is 0 Å². The van der Waals surface area contributed by atoms with Crippen molar-refractivity contribution in [3.05, 3.63) is 34.9 Å². The molecule has 3 aliphatic heterocycles. The molecule has 1 saturated carbocycles. The SMILES string of the molecule is CC(C)N1CCC(c2ccc(C(N)=O)c([C@@H](C(=O)N3C[C@H](F)[C@H]4OCC(=O)[C@H]43)C3CCCC3)c2)CC1. The van der Waals surface area contributed by atoms with E-state index in [1.165, 1.54) is 4.90 Å². The number of nitrogens with zero attached hydrogens (tertiary/aromatic N) is 2. The lowest BCUT2D eigenvalue weighted by atomic mass is 9.78. The second-order valence-corrected chi connectivity index (χ2v) is 11.3. The number of piperidine rings is 1. The average molecular weight is 500 g/mol. The van der Waals surface area contributed by atoms with E-state index in [2.05, 4.69) is 18.7 Å². The molecule has 3 heterocycles. The highest BCUT2D eigenvalue weighted by Gasteiger charge is 2.54. The van der Waals surface area contributed by atoms with Crippen LogP contribution in [-0.2, 0) is 14.3 Å². The van der Waals surface area contributed by atoms with Gasteiger partial charge in [-0.1, -0.05) is 25.0 Å². The highest BCUT2D eigenvalue weighted by Crippen LogP contribution is 2.43. The summed E-state index contributed by atoms with van der Waals surface area (Å²) >= 11 is 0. The second-order valence-electron chi connectivity index (χ2n) is 11.3. The van der Waals surface area contributed by atoms with Crippen LogP contribution in [0, 0.1) is 5.92 Å². The van der Waals surface area contributed by atoms with Crippen molar-refractivity contribution < 1.29 is 23.5 Å².